The SMILES string of the molecule is CC(CNC(=O)CC1CCN(S(=O)(=O)c2ccccc2)CC1)N1CCCC1. The maximum absolute atomic E-state index is 12.7. The van der Waals surface area contributed by atoms with Crippen LogP contribution >= 0.6 is 0 Å². The van der Waals surface area contributed by atoms with E-state index < -0.39 is 10.0 Å². The van der Waals surface area contributed by atoms with Crippen LogP contribution < -0.4 is 5.32 Å². The van der Waals surface area contributed by atoms with Crippen LogP contribution in [0.4, 0.5) is 0 Å². The molecule has 3 rings (SSSR count). The van der Waals surface area contributed by atoms with Gasteiger partial charge in [0.15, 0.2) is 0 Å². The number of rotatable bonds is 7. The Morgan fingerprint density at radius 1 is 1.11 bits per heavy atom. The van der Waals surface area contributed by atoms with E-state index in [1.165, 1.54) is 12.8 Å². The molecule has 0 bridgehead atoms. The number of likely N-dealkylation sites (tertiary alicyclic amines) is 1. The molecule has 1 unspecified atom stereocenters. The van der Waals surface area contributed by atoms with Gasteiger partial charge in [-0.3, -0.25) is 9.69 Å². The van der Waals surface area contributed by atoms with Crippen molar-refractivity contribution in [2.45, 2.75) is 50.0 Å². The summed E-state index contributed by atoms with van der Waals surface area (Å²) in [6, 6.07) is 8.95. The third-order valence-corrected chi connectivity index (χ3v) is 7.70. The second-order valence-electron chi connectivity index (χ2n) is 7.76. The molecule has 150 valence electrons. The zero-order valence-electron chi connectivity index (χ0n) is 16.1. The molecule has 1 amide bonds. The summed E-state index contributed by atoms with van der Waals surface area (Å²) in [6.07, 6.45) is 4.47. The summed E-state index contributed by atoms with van der Waals surface area (Å²) < 4.78 is 26.9. The molecular weight excluding hydrogens is 362 g/mol. The highest BCUT2D eigenvalue weighted by Crippen LogP contribution is 2.25. The van der Waals surface area contributed by atoms with Gasteiger partial charge in [0.25, 0.3) is 0 Å². The first kappa shape index (κ1) is 20.3. The first-order chi connectivity index (χ1) is 13.0. The zero-order chi connectivity index (χ0) is 19.3. The van der Waals surface area contributed by atoms with E-state index in [1.54, 1.807) is 28.6 Å². The van der Waals surface area contributed by atoms with Gasteiger partial charge in [-0.05, 0) is 63.7 Å². The smallest absolute Gasteiger partial charge is 0.243 e. The van der Waals surface area contributed by atoms with Gasteiger partial charge in [-0.25, -0.2) is 8.42 Å². The van der Waals surface area contributed by atoms with Gasteiger partial charge in [-0.2, -0.15) is 4.31 Å². The van der Waals surface area contributed by atoms with Gasteiger partial charge in [0.1, 0.15) is 0 Å². The highest BCUT2D eigenvalue weighted by molar-refractivity contribution is 7.89. The van der Waals surface area contributed by atoms with Gasteiger partial charge in [-0.1, -0.05) is 18.2 Å². The van der Waals surface area contributed by atoms with Gasteiger partial charge >= 0.3 is 0 Å². The molecule has 0 saturated carbocycles. The van der Waals surface area contributed by atoms with Gasteiger partial charge < -0.3 is 5.32 Å². The lowest BCUT2D eigenvalue weighted by Gasteiger charge is -2.31. The fourth-order valence-electron chi connectivity index (χ4n) is 4.00. The Hall–Kier alpha value is -1.44. The average Bonchev–Trinajstić information content (AvgIpc) is 3.22. The van der Waals surface area contributed by atoms with E-state index in [0.717, 1.165) is 25.9 Å². The molecule has 1 N–H and O–H groups in total. The Bertz CT molecular complexity index is 709. The number of carbonyl (C=O) groups excluding carboxylic acids is 1. The molecule has 7 heteroatoms. The van der Waals surface area contributed by atoms with Crippen LogP contribution in [0.3, 0.4) is 0 Å². The van der Waals surface area contributed by atoms with Crippen LogP contribution in [0.5, 0.6) is 0 Å². The predicted molar refractivity (Wildman–Crippen MR) is 106 cm³/mol. The number of nitrogens with zero attached hydrogens (tertiary/aromatic N) is 2. The molecule has 0 aliphatic carbocycles. The lowest BCUT2D eigenvalue weighted by molar-refractivity contribution is -0.122. The fourth-order valence-corrected chi connectivity index (χ4v) is 5.49. The third-order valence-electron chi connectivity index (χ3n) is 5.79. The Labute approximate surface area is 163 Å². The molecule has 27 heavy (non-hydrogen) atoms. The largest absolute Gasteiger partial charge is 0.355 e. The van der Waals surface area contributed by atoms with Crippen molar-refractivity contribution in [2.75, 3.05) is 32.7 Å². The number of benzene rings is 1. The van der Waals surface area contributed by atoms with Crippen molar-refractivity contribution in [3.63, 3.8) is 0 Å². The first-order valence-electron chi connectivity index (χ1n) is 10.0. The molecule has 0 radical (unpaired) electrons. The normalized spacial score (nSPS) is 21.2. The summed E-state index contributed by atoms with van der Waals surface area (Å²) in [5.41, 5.74) is 0. The number of amides is 1. The van der Waals surface area contributed by atoms with Crippen LogP contribution in [-0.2, 0) is 14.8 Å². The Morgan fingerprint density at radius 2 is 1.74 bits per heavy atom. The number of piperidine rings is 1. The highest BCUT2D eigenvalue weighted by Gasteiger charge is 2.30. The summed E-state index contributed by atoms with van der Waals surface area (Å²) in [4.78, 5) is 15.0. The second-order valence-corrected chi connectivity index (χ2v) is 9.70. The minimum Gasteiger partial charge on any atom is -0.355 e. The number of carbonyl (C=O) groups is 1. The molecule has 0 spiro atoms. The molecular formula is C20H31N3O3S. The van der Waals surface area contributed by atoms with Crippen molar-refractivity contribution in [1.82, 2.24) is 14.5 Å². The standard InChI is InChI=1S/C20H31N3O3S/c1-17(22-11-5-6-12-22)16-21-20(24)15-18-9-13-23(14-10-18)27(25,26)19-7-3-2-4-8-19/h2-4,7-8,17-18H,5-6,9-16H2,1H3,(H,21,24). The predicted octanol–water partition coefficient (Wildman–Crippen LogP) is 2.08. The quantitative estimate of drug-likeness (QED) is 0.770. The maximum atomic E-state index is 12.7. The average molecular weight is 394 g/mol. The summed E-state index contributed by atoms with van der Waals surface area (Å²) in [5, 5.41) is 3.06. The van der Waals surface area contributed by atoms with Gasteiger partial charge in [-0.15, -0.1) is 0 Å². The number of sulfonamides is 1. The van der Waals surface area contributed by atoms with E-state index in [-0.39, 0.29) is 11.8 Å². The summed E-state index contributed by atoms with van der Waals surface area (Å²) in [6.45, 7) is 6.09. The number of hydrogen-bond donors (Lipinski definition) is 1. The summed E-state index contributed by atoms with van der Waals surface area (Å²) in [7, 11) is -3.42. The Morgan fingerprint density at radius 3 is 2.37 bits per heavy atom. The summed E-state index contributed by atoms with van der Waals surface area (Å²) >= 11 is 0. The monoisotopic (exact) mass is 393 g/mol. The molecule has 1 aromatic rings. The van der Waals surface area contributed by atoms with Crippen molar-refractivity contribution in [2.24, 2.45) is 5.92 Å². The van der Waals surface area contributed by atoms with Crippen LogP contribution in [0.1, 0.15) is 39.0 Å². The first-order valence-corrected chi connectivity index (χ1v) is 11.5. The van der Waals surface area contributed by atoms with Crippen molar-refractivity contribution in [1.29, 1.82) is 0 Å². The van der Waals surface area contributed by atoms with Crippen molar-refractivity contribution >= 4 is 15.9 Å². The van der Waals surface area contributed by atoms with Gasteiger partial charge in [0.05, 0.1) is 4.90 Å². The Kier molecular flexibility index (Phi) is 6.89. The lowest BCUT2D eigenvalue weighted by atomic mass is 9.94. The minimum absolute atomic E-state index is 0.0883. The topological polar surface area (TPSA) is 69.7 Å². The van der Waals surface area contributed by atoms with Crippen LogP contribution in [0, 0.1) is 5.92 Å². The summed E-state index contributed by atoms with van der Waals surface area (Å²) in [5.74, 6) is 0.347. The van der Waals surface area contributed by atoms with Gasteiger partial charge in [0.2, 0.25) is 15.9 Å². The van der Waals surface area contributed by atoms with Crippen molar-refractivity contribution in [3.05, 3.63) is 30.3 Å². The zero-order valence-corrected chi connectivity index (χ0v) is 17.0. The van der Waals surface area contributed by atoms with E-state index >= 15 is 0 Å². The lowest BCUT2D eigenvalue weighted by Crippen LogP contribution is -2.42. The van der Waals surface area contributed by atoms with Crippen molar-refractivity contribution < 1.29 is 13.2 Å². The van der Waals surface area contributed by atoms with Crippen LogP contribution in [0.15, 0.2) is 35.2 Å². The van der Waals surface area contributed by atoms with Crippen LogP contribution in [0.25, 0.3) is 0 Å². The molecule has 2 fully saturated rings. The molecule has 2 heterocycles. The Balaban J connectivity index is 1.42. The fraction of sp³-hybridized carbons (Fsp3) is 0.650. The third kappa shape index (κ3) is 5.30. The van der Waals surface area contributed by atoms with E-state index in [9.17, 15) is 13.2 Å². The van der Waals surface area contributed by atoms with Crippen LogP contribution in [-0.4, -0.2) is 62.3 Å². The van der Waals surface area contributed by atoms with Gasteiger partial charge in [0, 0.05) is 32.1 Å². The molecule has 2 saturated heterocycles. The molecule has 1 aromatic carbocycles. The molecule has 1 atom stereocenters. The van der Waals surface area contributed by atoms with E-state index in [1.807, 2.05) is 6.07 Å². The van der Waals surface area contributed by atoms with E-state index in [4.69, 9.17) is 0 Å². The highest BCUT2D eigenvalue weighted by atomic mass is 32.2. The number of nitrogens with one attached hydrogen (secondary N) is 1. The van der Waals surface area contributed by atoms with E-state index in [2.05, 4.69) is 17.1 Å². The molecule has 0 aromatic heterocycles. The van der Waals surface area contributed by atoms with E-state index in [0.29, 0.717) is 37.0 Å². The number of hydrogen-bond acceptors (Lipinski definition) is 4. The maximum Gasteiger partial charge on any atom is 0.243 e. The minimum atomic E-state index is -3.42. The molecule has 6 nitrogen and oxygen atoms in total. The molecule has 2 aliphatic heterocycles. The second kappa shape index (κ2) is 9.17. The molecule has 2 aliphatic rings. The van der Waals surface area contributed by atoms with Crippen molar-refractivity contribution in [3.8, 4) is 0 Å². The van der Waals surface area contributed by atoms with Crippen LogP contribution in [0.2, 0.25) is 0 Å².